The first-order chi connectivity index (χ1) is 10.7. The molecule has 3 rings (SSSR count). The average Bonchev–Trinajstić information content (AvgIpc) is 2.55. The van der Waals surface area contributed by atoms with Crippen LogP contribution < -0.4 is 14.8 Å². The lowest BCUT2D eigenvalue weighted by atomic mass is 10.2. The topological polar surface area (TPSA) is 56.3 Å². The van der Waals surface area contributed by atoms with Gasteiger partial charge in [0, 0.05) is 12.1 Å². The molecule has 5 nitrogen and oxygen atoms in total. The van der Waals surface area contributed by atoms with Crippen LogP contribution in [0.5, 0.6) is 11.5 Å². The van der Waals surface area contributed by atoms with Crippen molar-refractivity contribution in [1.29, 1.82) is 0 Å². The standard InChI is InChI=1S/C16H14FN3O2/c1-21-14-7-12-13(8-15(14)22-2)20-16(9-18-12)19-11-6-4-3-5-10(11)17/h3-9H,1-2H3,(H,19,20). The molecule has 0 fully saturated rings. The molecule has 6 heteroatoms. The van der Waals surface area contributed by atoms with Crippen LogP contribution >= 0.6 is 0 Å². The van der Waals surface area contributed by atoms with E-state index in [1.54, 1.807) is 50.7 Å². The van der Waals surface area contributed by atoms with Crippen molar-refractivity contribution in [3.63, 3.8) is 0 Å². The first kappa shape index (κ1) is 14.1. The number of anilines is 2. The molecule has 22 heavy (non-hydrogen) atoms. The summed E-state index contributed by atoms with van der Waals surface area (Å²) in [6.45, 7) is 0. The van der Waals surface area contributed by atoms with E-state index < -0.39 is 0 Å². The Morgan fingerprint density at radius 2 is 1.68 bits per heavy atom. The molecule has 1 N–H and O–H groups in total. The summed E-state index contributed by atoms with van der Waals surface area (Å²) in [6.07, 6.45) is 1.54. The monoisotopic (exact) mass is 299 g/mol. The van der Waals surface area contributed by atoms with Crippen molar-refractivity contribution in [2.75, 3.05) is 19.5 Å². The summed E-state index contributed by atoms with van der Waals surface area (Å²) in [5.74, 6) is 1.24. The van der Waals surface area contributed by atoms with E-state index in [-0.39, 0.29) is 5.82 Å². The normalized spacial score (nSPS) is 10.5. The zero-order valence-corrected chi connectivity index (χ0v) is 12.1. The zero-order valence-electron chi connectivity index (χ0n) is 12.1. The van der Waals surface area contributed by atoms with Crippen LogP contribution in [0, 0.1) is 5.82 Å². The van der Waals surface area contributed by atoms with Gasteiger partial charge in [0.05, 0.1) is 37.1 Å². The highest BCUT2D eigenvalue weighted by molar-refractivity contribution is 5.80. The molecule has 0 radical (unpaired) electrons. The number of benzene rings is 2. The first-order valence-electron chi connectivity index (χ1n) is 6.61. The summed E-state index contributed by atoms with van der Waals surface area (Å²) >= 11 is 0. The Bertz CT molecular complexity index is 824. The molecule has 1 heterocycles. The van der Waals surface area contributed by atoms with E-state index in [1.165, 1.54) is 6.07 Å². The Labute approximate surface area is 126 Å². The van der Waals surface area contributed by atoms with Crippen LogP contribution in [0.1, 0.15) is 0 Å². The van der Waals surface area contributed by atoms with Gasteiger partial charge in [0.25, 0.3) is 0 Å². The van der Waals surface area contributed by atoms with Crippen molar-refractivity contribution in [3.05, 3.63) is 48.4 Å². The third-order valence-electron chi connectivity index (χ3n) is 3.18. The fraction of sp³-hybridized carbons (Fsp3) is 0.125. The van der Waals surface area contributed by atoms with Gasteiger partial charge in [-0.25, -0.2) is 9.37 Å². The molecule has 0 atom stereocenters. The van der Waals surface area contributed by atoms with E-state index in [2.05, 4.69) is 15.3 Å². The molecule has 0 aliphatic carbocycles. The number of para-hydroxylation sites is 1. The fourth-order valence-corrected chi connectivity index (χ4v) is 2.10. The van der Waals surface area contributed by atoms with Crippen LogP contribution in [0.2, 0.25) is 0 Å². The van der Waals surface area contributed by atoms with E-state index in [0.29, 0.717) is 34.0 Å². The van der Waals surface area contributed by atoms with Crippen molar-refractivity contribution in [3.8, 4) is 11.5 Å². The highest BCUT2D eigenvalue weighted by atomic mass is 19.1. The maximum atomic E-state index is 13.7. The van der Waals surface area contributed by atoms with Gasteiger partial charge in [-0.15, -0.1) is 0 Å². The van der Waals surface area contributed by atoms with E-state index in [9.17, 15) is 4.39 Å². The zero-order chi connectivity index (χ0) is 15.5. The Morgan fingerprint density at radius 1 is 1.00 bits per heavy atom. The van der Waals surface area contributed by atoms with Gasteiger partial charge < -0.3 is 14.8 Å². The molecule has 0 bridgehead atoms. The second-order valence-electron chi connectivity index (χ2n) is 4.56. The van der Waals surface area contributed by atoms with Crippen LogP contribution in [-0.2, 0) is 0 Å². The van der Waals surface area contributed by atoms with Gasteiger partial charge in [0.2, 0.25) is 0 Å². The molecule has 0 aliphatic heterocycles. The molecule has 0 aliphatic rings. The summed E-state index contributed by atoms with van der Waals surface area (Å²) in [5, 5.41) is 2.91. The molecule has 3 aromatic rings. The molecule has 0 spiro atoms. The lowest BCUT2D eigenvalue weighted by molar-refractivity contribution is 0.355. The largest absolute Gasteiger partial charge is 0.493 e. The first-order valence-corrected chi connectivity index (χ1v) is 6.61. The smallest absolute Gasteiger partial charge is 0.163 e. The second kappa shape index (κ2) is 5.85. The molecular weight excluding hydrogens is 285 g/mol. The van der Waals surface area contributed by atoms with Crippen molar-refractivity contribution >= 4 is 22.5 Å². The summed E-state index contributed by atoms with van der Waals surface area (Å²) < 4.78 is 24.1. The third-order valence-corrected chi connectivity index (χ3v) is 3.18. The Morgan fingerprint density at radius 3 is 2.36 bits per heavy atom. The fourth-order valence-electron chi connectivity index (χ4n) is 2.10. The number of nitrogens with zero attached hydrogens (tertiary/aromatic N) is 2. The van der Waals surface area contributed by atoms with E-state index in [0.717, 1.165) is 0 Å². The van der Waals surface area contributed by atoms with Gasteiger partial charge in [-0.3, -0.25) is 4.98 Å². The maximum absolute atomic E-state index is 13.7. The number of fused-ring (bicyclic) bond motifs is 1. The Hall–Kier alpha value is -2.89. The number of rotatable bonds is 4. The molecular formula is C16H14FN3O2. The van der Waals surface area contributed by atoms with Crippen LogP contribution in [0.3, 0.4) is 0 Å². The predicted octanol–water partition coefficient (Wildman–Crippen LogP) is 3.53. The number of nitrogens with one attached hydrogen (secondary N) is 1. The molecule has 112 valence electrons. The van der Waals surface area contributed by atoms with Crippen LogP contribution in [0.4, 0.5) is 15.9 Å². The highest BCUT2D eigenvalue weighted by Gasteiger charge is 2.09. The average molecular weight is 299 g/mol. The maximum Gasteiger partial charge on any atom is 0.163 e. The van der Waals surface area contributed by atoms with Gasteiger partial charge in [-0.1, -0.05) is 12.1 Å². The van der Waals surface area contributed by atoms with Gasteiger partial charge in [0.15, 0.2) is 11.5 Å². The molecule has 0 saturated heterocycles. The van der Waals surface area contributed by atoms with Crippen molar-refractivity contribution in [1.82, 2.24) is 9.97 Å². The van der Waals surface area contributed by atoms with Crippen LogP contribution in [-0.4, -0.2) is 24.2 Å². The number of methoxy groups -OCH3 is 2. The SMILES string of the molecule is COc1cc2ncc(Nc3ccccc3F)nc2cc1OC. The summed E-state index contributed by atoms with van der Waals surface area (Å²) in [6, 6.07) is 9.86. The minimum atomic E-state index is -0.350. The minimum Gasteiger partial charge on any atom is -0.493 e. The lowest BCUT2D eigenvalue weighted by Gasteiger charge is -2.10. The lowest BCUT2D eigenvalue weighted by Crippen LogP contribution is -1.98. The highest BCUT2D eigenvalue weighted by Crippen LogP contribution is 2.31. The van der Waals surface area contributed by atoms with Gasteiger partial charge in [0.1, 0.15) is 11.6 Å². The van der Waals surface area contributed by atoms with E-state index >= 15 is 0 Å². The van der Waals surface area contributed by atoms with E-state index in [4.69, 9.17) is 9.47 Å². The van der Waals surface area contributed by atoms with Crippen molar-refractivity contribution in [2.45, 2.75) is 0 Å². The van der Waals surface area contributed by atoms with Crippen molar-refractivity contribution in [2.24, 2.45) is 0 Å². The predicted molar refractivity (Wildman–Crippen MR) is 82.3 cm³/mol. The molecule has 2 aromatic carbocycles. The quantitative estimate of drug-likeness (QED) is 0.798. The number of hydrogen-bond donors (Lipinski definition) is 1. The van der Waals surface area contributed by atoms with E-state index in [1.807, 2.05) is 0 Å². The Kier molecular flexibility index (Phi) is 3.74. The minimum absolute atomic E-state index is 0.344. The van der Waals surface area contributed by atoms with Gasteiger partial charge >= 0.3 is 0 Å². The third kappa shape index (κ3) is 2.63. The summed E-state index contributed by atoms with van der Waals surface area (Å²) in [7, 11) is 3.11. The molecule has 1 aromatic heterocycles. The van der Waals surface area contributed by atoms with Gasteiger partial charge in [-0.2, -0.15) is 0 Å². The number of halogens is 1. The molecule has 0 amide bonds. The van der Waals surface area contributed by atoms with Gasteiger partial charge in [-0.05, 0) is 12.1 Å². The number of ether oxygens (including phenoxy) is 2. The Balaban J connectivity index is 2.00. The van der Waals surface area contributed by atoms with Crippen molar-refractivity contribution < 1.29 is 13.9 Å². The summed E-state index contributed by atoms with van der Waals surface area (Å²) in [5.41, 5.74) is 1.63. The van der Waals surface area contributed by atoms with Crippen LogP contribution in [0.15, 0.2) is 42.6 Å². The number of aromatic nitrogens is 2. The molecule has 0 unspecified atom stereocenters. The second-order valence-corrected chi connectivity index (χ2v) is 4.56. The number of hydrogen-bond acceptors (Lipinski definition) is 5. The van der Waals surface area contributed by atoms with Crippen LogP contribution in [0.25, 0.3) is 11.0 Å². The summed E-state index contributed by atoms with van der Waals surface area (Å²) in [4.78, 5) is 8.73. The molecule has 0 saturated carbocycles.